The third kappa shape index (κ3) is 3.36. The summed E-state index contributed by atoms with van der Waals surface area (Å²) in [7, 11) is 0. The van der Waals surface area contributed by atoms with Gasteiger partial charge in [-0.15, -0.1) is 5.10 Å². The van der Waals surface area contributed by atoms with E-state index < -0.39 is 0 Å². The molecule has 3 heterocycles. The molecule has 2 aliphatic rings. The van der Waals surface area contributed by atoms with E-state index in [0.717, 1.165) is 38.4 Å². The van der Waals surface area contributed by atoms with Gasteiger partial charge in [0.2, 0.25) is 0 Å². The Labute approximate surface area is 130 Å². The molecule has 2 saturated heterocycles. The van der Waals surface area contributed by atoms with Crippen LogP contribution in [0.1, 0.15) is 13.3 Å². The average molecular weight is 306 g/mol. The number of ether oxygens (including phenoxy) is 2. The monoisotopic (exact) mass is 306 g/mol. The Morgan fingerprint density at radius 3 is 3.05 bits per heavy atom. The molecule has 0 amide bonds. The summed E-state index contributed by atoms with van der Waals surface area (Å²) < 4.78 is 10.9. The SMILES string of the molecule is CCN(C[C@@H]1CN([C@@H]2CCOC2=O)CCO1)c1cccnn1. The van der Waals surface area contributed by atoms with Crippen molar-refractivity contribution in [3.63, 3.8) is 0 Å². The standard InChI is InChI=1S/C15H22N4O3/c1-2-18(14-4-3-6-16-17-14)10-12-11-19(7-9-21-12)13-5-8-22-15(13)20/h3-4,6,12-13H,2,5,7-11H2,1H3/t12-,13-/m1/s1. The minimum absolute atomic E-state index is 0.0594. The molecule has 7 nitrogen and oxygen atoms in total. The number of morpholine rings is 1. The predicted octanol–water partition coefficient (Wildman–Crippen LogP) is 0.319. The molecule has 0 bridgehead atoms. The number of carbonyl (C=O) groups is 1. The number of esters is 1. The smallest absolute Gasteiger partial charge is 0.323 e. The van der Waals surface area contributed by atoms with Gasteiger partial charge in [0.05, 0.1) is 19.3 Å². The van der Waals surface area contributed by atoms with Crippen LogP contribution < -0.4 is 4.90 Å². The maximum Gasteiger partial charge on any atom is 0.323 e. The largest absolute Gasteiger partial charge is 0.464 e. The molecular formula is C15H22N4O3. The molecule has 0 aliphatic carbocycles. The Kier molecular flexibility index (Phi) is 4.84. The van der Waals surface area contributed by atoms with E-state index in [1.165, 1.54) is 0 Å². The molecule has 1 aromatic heterocycles. The van der Waals surface area contributed by atoms with E-state index in [4.69, 9.17) is 9.47 Å². The van der Waals surface area contributed by atoms with Crippen LogP contribution in [0, 0.1) is 0 Å². The zero-order valence-electron chi connectivity index (χ0n) is 12.9. The molecule has 2 atom stereocenters. The Balaban J connectivity index is 1.61. The van der Waals surface area contributed by atoms with E-state index in [-0.39, 0.29) is 18.1 Å². The average Bonchev–Trinajstić information content (AvgIpc) is 3.00. The van der Waals surface area contributed by atoms with Gasteiger partial charge in [-0.25, -0.2) is 0 Å². The zero-order valence-corrected chi connectivity index (χ0v) is 12.9. The highest BCUT2D eigenvalue weighted by Gasteiger charge is 2.35. The number of likely N-dealkylation sites (N-methyl/N-ethyl adjacent to an activating group) is 1. The van der Waals surface area contributed by atoms with Crippen molar-refractivity contribution in [2.24, 2.45) is 0 Å². The lowest BCUT2D eigenvalue weighted by atomic mass is 10.1. The molecule has 120 valence electrons. The van der Waals surface area contributed by atoms with Crippen molar-refractivity contribution in [1.29, 1.82) is 0 Å². The van der Waals surface area contributed by atoms with Crippen LogP contribution in [-0.2, 0) is 14.3 Å². The minimum Gasteiger partial charge on any atom is -0.464 e. The number of carbonyl (C=O) groups excluding carboxylic acids is 1. The molecule has 7 heteroatoms. The van der Waals surface area contributed by atoms with Gasteiger partial charge in [0.25, 0.3) is 0 Å². The van der Waals surface area contributed by atoms with Gasteiger partial charge in [-0.2, -0.15) is 5.10 Å². The second-order valence-corrected chi connectivity index (χ2v) is 5.58. The second-order valence-electron chi connectivity index (χ2n) is 5.58. The summed E-state index contributed by atoms with van der Waals surface area (Å²) in [5.41, 5.74) is 0. The van der Waals surface area contributed by atoms with Crippen LogP contribution in [-0.4, -0.2) is 72.6 Å². The summed E-state index contributed by atoms with van der Waals surface area (Å²) >= 11 is 0. The number of anilines is 1. The van der Waals surface area contributed by atoms with E-state index in [0.29, 0.717) is 13.2 Å². The van der Waals surface area contributed by atoms with Crippen LogP contribution >= 0.6 is 0 Å². The molecule has 0 N–H and O–H groups in total. The van der Waals surface area contributed by atoms with Crippen molar-refractivity contribution < 1.29 is 14.3 Å². The second kappa shape index (κ2) is 7.02. The first-order chi connectivity index (χ1) is 10.8. The number of cyclic esters (lactones) is 1. The Morgan fingerprint density at radius 1 is 1.45 bits per heavy atom. The van der Waals surface area contributed by atoms with Gasteiger partial charge >= 0.3 is 5.97 Å². The quantitative estimate of drug-likeness (QED) is 0.726. The van der Waals surface area contributed by atoms with Gasteiger partial charge in [0.1, 0.15) is 6.04 Å². The zero-order chi connectivity index (χ0) is 15.4. The molecule has 0 saturated carbocycles. The Morgan fingerprint density at radius 2 is 2.36 bits per heavy atom. The maximum atomic E-state index is 11.7. The third-order valence-electron chi connectivity index (χ3n) is 4.21. The highest BCUT2D eigenvalue weighted by Crippen LogP contribution is 2.19. The first-order valence-electron chi connectivity index (χ1n) is 7.83. The van der Waals surface area contributed by atoms with Crippen LogP contribution in [0.2, 0.25) is 0 Å². The molecule has 0 spiro atoms. The van der Waals surface area contributed by atoms with Crippen LogP contribution in [0.5, 0.6) is 0 Å². The van der Waals surface area contributed by atoms with Crippen molar-refractivity contribution >= 4 is 11.8 Å². The van der Waals surface area contributed by atoms with Crippen molar-refractivity contribution in [3.05, 3.63) is 18.3 Å². The number of rotatable bonds is 5. The minimum atomic E-state index is -0.0991. The van der Waals surface area contributed by atoms with Gasteiger partial charge in [-0.3, -0.25) is 9.69 Å². The number of aromatic nitrogens is 2. The normalized spacial score (nSPS) is 26.0. The number of nitrogens with zero attached hydrogens (tertiary/aromatic N) is 4. The molecule has 2 aliphatic heterocycles. The van der Waals surface area contributed by atoms with Crippen LogP contribution in [0.4, 0.5) is 5.82 Å². The lowest BCUT2D eigenvalue weighted by molar-refractivity contribution is -0.144. The molecular weight excluding hydrogens is 284 g/mol. The van der Waals surface area contributed by atoms with E-state index in [1.54, 1.807) is 6.20 Å². The van der Waals surface area contributed by atoms with Crippen LogP contribution in [0.25, 0.3) is 0 Å². The molecule has 0 radical (unpaired) electrons. The lowest BCUT2D eigenvalue weighted by Gasteiger charge is -2.37. The maximum absolute atomic E-state index is 11.7. The third-order valence-corrected chi connectivity index (χ3v) is 4.21. The number of hydrogen-bond donors (Lipinski definition) is 0. The fourth-order valence-electron chi connectivity index (χ4n) is 3.05. The van der Waals surface area contributed by atoms with Crippen molar-refractivity contribution in [3.8, 4) is 0 Å². The highest BCUT2D eigenvalue weighted by atomic mass is 16.5. The predicted molar refractivity (Wildman–Crippen MR) is 80.6 cm³/mol. The molecule has 0 aromatic carbocycles. The van der Waals surface area contributed by atoms with E-state index >= 15 is 0 Å². The summed E-state index contributed by atoms with van der Waals surface area (Å²) in [4.78, 5) is 16.1. The summed E-state index contributed by atoms with van der Waals surface area (Å²) in [5.74, 6) is 0.757. The van der Waals surface area contributed by atoms with Crippen molar-refractivity contribution in [2.45, 2.75) is 25.5 Å². The molecule has 0 unspecified atom stereocenters. The van der Waals surface area contributed by atoms with E-state index in [2.05, 4.69) is 26.9 Å². The Bertz CT molecular complexity index is 499. The Hall–Kier alpha value is -1.73. The van der Waals surface area contributed by atoms with E-state index in [9.17, 15) is 4.79 Å². The first-order valence-corrected chi connectivity index (χ1v) is 7.83. The van der Waals surface area contributed by atoms with Gasteiger partial charge in [-0.05, 0) is 19.1 Å². The van der Waals surface area contributed by atoms with Gasteiger partial charge < -0.3 is 14.4 Å². The topological polar surface area (TPSA) is 67.8 Å². The summed E-state index contributed by atoms with van der Waals surface area (Å²) in [6, 6.07) is 3.73. The summed E-state index contributed by atoms with van der Waals surface area (Å²) in [6.45, 7) is 6.38. The molecule has 22 heavy (non-hydrogen) atoms. The lowest BCUT2D eigenvalue weighted by Crippen LogP contribution is -2.52. The van der Waals surface area contributed by atoms with Crippen molar-refractivity contribution in [1.82, 2.24) is 15.1 Å². The first kappa shape index (κ1) is 15.2. The van der Waals surface area contributed by atoms with Crippen LogP contribution in [0.3, 0.4) is 0 Å². The molecule has 2 fully saturated rings. The summed E-state index contributed by atoms with van der Waals surface area (Å²) in [5, 5.41) is 8.09. The van der Waals surface area contributed by atoms with Crippen LogP contribution in [0.15, 0.2) is 18.3 Å². The van der Waals surface area contributed by atoms with Gasteiger partial charge in [0, 0.05) is 38.8 Å². The van der Waals surface area contributed by atoms with Gasteiger partial charge in [0.15, 0.2) is 5.82 Å². The summed E-state index contributed by atoms with van der Waals surface area (Å²) in [6.07, 6.45) is 2.51. The fraction of sp³-hybridized carbons (Fsp3) is 0.667. The van der Waals surface area contributed by atoms with Crippen molar-refractivity contribution in [2.75, 3.05) is 44.3 Å². The number of hydrogen-bond acceptors (Lipinski definition) is 7. The molecule has 3 rings (SSSR count). The van der Waals surface area contributed by atoms with E-state index in [1.807, 2.05) is 12.1 Å². The fourth-order valence-corrected chi connectivity index (χ4v) is 3.05. The highest BCUT2D eigenvalue weighted by molar-refractivity contribution is 5.77. The van der Waals surface area contributed by atoms with Gasteiger partial charge in [-0.1, -0.05) is 0 Å². The molecule has 1 aromatic rings.